The van der Waals surface area contributed by atoms with Crippen LogP contribution in [0.3, 0.4) is 0 Å². The Morgan fingerprint density at radius 1 is 0.889 bits per heavy atom. The Kier molecular flexibility index (Phi) is 4.62. The maximum atomic E-state index is 10.6. The Bertz CT molecular complexity index is 1170. The van der Waals surface area contributed by atoms with E-state index in [1.165, 1.54) is 10.8 Å². The normalized spacial score (nSPS) is 11.2. The highest BCUT2D eigenvalue weighted by Gasteiger charge is 2.10. The van der Waals surface area contributed by atoms with Crippen LogP contribution in [0.25, 0.3) is 27.7 Å². The first-order chi connectivity index (χ1) is 13.1. The van der Waals surface area contributed by atoms with Crippen molar-refractivity contribution in [2.24, 2.45) is 0 Å². The molecule has 2 N–H and O–H groups in total. The molecule has 4 rings (SSSR count). The summed E-state index contributed by atoms with van der Waals surface area (Å²) in [5, 5.41) is 7.00. The number of rotatable bonds is 5. The van der Waals surface area contributed by atoms with Gasteiger partial charge in [-0.2, -0.15) is 5.10 Å². The lowest BCUT2D eigenvalue weighted by atomic mass is 10.0. The van der Waals surface area contributed by atoms with Crippen molar-refractivity contribution >= 4 is 27.4 Å². The lowest BCUT2D eigenvalue weighted by Crippen LogP contribution is -2.19. The fraction of sp³-hybridized carbons (Fsp3) is 0.0500. The summed E-state index contributed by atoms with van der Waals surface area (Å²) in [5.41, 5.74) is 7.16. The van der Waals surface area contributed by atoms with Gasteiger partial charge in [-0.25, -0.2) is 13.1 Å². The molecule has 0 aliphatic rings. The van der Waals surface area contributed by atoms with E-state index < -0.39 is 10.9 Å². The molecule has 0 saturated carbocycles. The van der Waals surface area contributed by atoms with Crippen molar-refractivity contribution in [2.45, 2.75) is 6.92 Å². The van der Waals surface area contributed by atoms with Crippen LogP contribution in [0.15, 0.2) is 72.8 Å². The number of nitrogens with one attached hydrogen (secondary N) is 2. The molecule has 6 nitrogen and oxygen atoms in total. The average Bonchev–Trinajstić information content (AvgIpc) is 3.08. The van der Waals surface area contributed by atoms with E-state index in [2.05, 4.69) is 51.8 Å². The van der Waals surface area contributed by atoms with Crippen LogP contribution in [0.2, 0.25) is 0 Å². The summed E-state index contributed by atoms with van der Waals surface area (Å²) in [4.78, 5) is 2.16. The molecule has 1 heterocycles. The minimum Gasteiger partial charge on any atom is -0.308 e. The highest BCUT2D eigenvalue weighted by molar-refractivity contribution is 7.70. The number of aryl methyl sites for hydroxylation is 1. The summed E-state index contributed by atoms with van der Waals surface area (Å²) in [7, 11) is -2.70. The number of anilines is 1. The van der Waals surface area contributed by atoms with Gasteiger partial charge >= 0.3 is 0 Å². The monoisotopic (exact) mass is 378 g/mol. The Morgan fingerprint density at radius 2 is 1.63 bits per heavy atom. The highest BCUT2D eigenvalue weighted by Crippen LogP contribution is 2.27. The third-order valence-electron chi connectivity index (χ3n) is 4.28. The number of hydrogen-bond donors (Lipinski definition) is 3. The van der Waals surface area contributed by atoms with Gasteiger partial charge in [-0.15, -0.1) is 4.83 Å². The Labute approximate surface area is 158 Å². The van der Waals surface area contributed by atoms with Gasteiger partial charge < -0.3 is 5.43 Å². The van der Waals surface area contributed by atoms with Crippen molar-refractivity contribution in [3.63, 3.8) is 0 Å². The van der Waals surface area contributed by atoms with Crippen molar-refractivity contribution in [1.82, 2.24) is 14.6 Å². The number of hydrogen-bond acceptors (Lipinski definition) is 4. The lowest BCUT2D eigenvalue weighted by Gasteiger charge is -2.10. The number of aromatic nitrogens is 2. The number of hydrazine groups is 1. The summed E-state index contributed by atoms with van der Waals surface area (Å²) in [6.45, 7) is 1.96. The van der Waals surface area contributed by atoms with Gasteiger partial charge in [-0.05, 0) is 54.1 Å². The quantitative estimate of drug-likeness (QED) is 0.367. The second-order valence-electron chi connectivity index (χ2n) is 6.19. The maximum Gasteiger partial charge on any atom is 0.218 e. The first-order valence-electron chi connectivity index (χ1n) is 8.42. The first kappa shape index (κ1) is 17.3. The minimum atomic E-state index is -2.70. The third-order valence-corrected chi connectivity index (χ3v) is 4.57. The first-order valence-corrected chi connectivity index (χ1v) is 9.60. The van der Waals surface area contributed by atoms with Crippen molar-refractivity contribution in [3.05, 3.63) is 78.5 Å². The molecule has 0 amide bonds. The molecule has 1 aromatic heterocycles. The summed E-state index contributed by atoms with van der Waals surface area (Å²) >= 11 is 0. The molecule has 0 bridgehead atoms. The summed E-state index contributed by atoms with van der Waals surface area (Å²) in [6, 6.07) is 24.0. The van der Waals surface area contributed by atoms with Gasteiger partial charge in [-0.3, -0.25) is 0 Å². The van der Waals surface area contributed by atoms with E-state index in [1.54, 1.807) is 12.1 Å². The summed E-state index contributed by atoms with van der Waals surface area (Å²) < 4.78 is 23.1. The van der Waals surface area contributed by atoms with E-state index >= 15 is 0 Å². The largest absolute Gasteiger partial charge is 0.308 e. The van der Waals surface area contributed by atoms with Crippen LogP contribution in [0, 0.1) is 6.92 Å². The molecule has 0 saturated heterocycles. The predicted octanol–water partition coefficient (Wildman–Crippen LogP) is 3.44. The van der Waals surface area contributed by atoms with E-state index in [0.717, 1.165) is 22.6 Å². The molecule has 0 radical (unpaired) electrons. The average molecular weight is 378 g/mol. The molecular formula is C20H18N4O2S. The van der Waals surface area contributed by atoms with Gasteiger partial charge in [-0.1, -0.05) is 36.4 Å². The zero-order valence-electron chi connectivity index (χ0n) is 14.6. The Hall–Kier alpha value is -3.16. The maximum absolute atomic E-state index is 10.6. The Balaban J connectivity index is 1.72. The molecule has 0 aliphatic heterocycles. The molecule has 0 unspecified atom stereocenters. The number of benzene rings is 3. The van der Waals surface area contributed by atoms with Gasteiger partial charge in [0.25, 0.3) is 0 Å². The summed E-state index contributed by atoms with van der Waals surface area (Å²) in [5.74, 6) is 0. The number of thiol groups is 1. The van der Waals surface area contributed by atoms with Crippen LogP contribution >= 0.6 is 0 Å². The fourth-order valence-electron chi connectivity index (χ4n) is 3.05. The van der Waals surface area contributed by atoms with Crippen LogP contribution in [-0.4, -0.2) is 18.2 Å². The van der Waals surface area contributed by atoms with Crippen molar-refractivity contribution in [2.75, 3.05) is 5.43 Å². The van der Waals surface area contributed by atoms with E-state index in [4.69, 9.17) is 0 Å². The molecule has 4 aromatic rings. The molecular weight excluding hydrogens is 360 g/mol. The van der Waals surface area contributed by atoms with Crippen LogP contribution in [0.4, 0.5) is 5.69 Å². The van der Waals surface area contributed by atoms with Crippen molar-refractivity contribution < 1.29 is 8.42 Å². The van der Waals surface area contributed by atoms with Crippen LogP contribution in [-0.2, 0) is 10.9 Å². The topological polar surface area (TPSA) is 76.0 Å². The molecule has 27 heavy (non-hydrogen) atoms. The SMILES string of the molecule is Cc1cc(-c2ccc3ccccc3c2)n(-c2ccc(NN[SH](=O)=O)cc2)n1. The third kappa shape index (κ3) is 3.69. The van der Waals surface area contributed by atoms with Crippen molar-refractivity contribution in [3.8, 4) is 16.9 Å². The fourth-order valence-corrected chi connectivity index (χ4v) is 3.27. The predicted molar refractivity (Wildman–Crippen MR) is 108 cm³/mol. The van der Waals surface area contributed by atoms with Gasteiger partial charge in [0, 0.05) is 11.3 Å². The van der Waals surface area contributed by atoms with Crippen LogP contribution < -0.4 is 10.3 Å². The van der Waals surface area contributed by atoms with Gasteiger partial charge in [0.15, 0.2) is 0 Å². The van der Waals surface area contributed by atoms with Gasteiger partial charge in [0.05, 0.1) is 17.1 Å². The number of nitrogens with zero attached hydrogens (tertiary/aromatic N) is 2. The molecule has 0 aliphatic carbocycles. The van der Waals surface area contributed by atoms with E-state index in [0.29, 0.717) is 5.69 Å². The van der Waals surface area contributed by atoms with Gasteiger partial charge in [0.2, 0.25) is 10.9 Å². The van der Waals surface area contributed by atoms with Crippen molar-refractivity contribution in [1.29, 1.82) is 0 Å². The molecule has 7 heteroatoms. The molecule has 136 valence electrons. The second kappa shape index (κ2) is 7.22. The standard InChI is InChI=1S/C20H18N4O2S/c1-14-12-20(17-7-6-15-4-2-3-5-16(15)13-17)24(22-14)19-10-8-18(9-11-19)21-23-27(25)26/h2-13,21,27H,1H3,(H,23,25,26). The second-order valence-corrected chi connectivity index (χ2v) is 6.92. The Morgan fingerprint density at radius 3 is 2.37 bits per heavy atom. The number of fused-ring (bicyclic) bond motifs is 1. The van der Waals surface area contributed by atoms with E-state index in [-0.39, 0.29) is 0 Å². The van der Waals surface area contributed by atoms with E-state index in [1.807, 2.05) is 35.9 Å². The lowest BCUT2D eigenvalue weighted by molar-refractivity contribution is 0.607. The smallest absolute Gasteiger partial charge is 0.218 e. The van der Waals surface area contributed by atoms with Crippen LogP contribution in [0.1, 0.15) is 5.69 Å². The zero-order chi connectivity index (χ0) is 18.8. The highest BCUT2D eigenvalue weighted by atomic mass is 32.2. The van der Waals surface area contributed by atoms with Crippen LogP contribution in [0.5, 0.6) is 0 Å². The summed E-state index contributed by atoms with van der Waals surface area (Å²) in [6.07, 6.45) is 0. The van der Waals surface area contributed by atoms with Gasteiger partial charge in [0.1, 0.15) is 0 Å². The molecule has 0 spiro atoms. The zero-order valence-corrected chi connectivity index (χ0v) is 15.5. The molecule has 0 fully saturated rings. The molecule has 0 atom stereocenters. The van der Waals surface area contributed by atoms with E-state index in [9.17, 15) is 8.42 Å². The molecule has 3 aromatic carbocycles. The minimum absolute atomic E-state index is 0.647.